The Bertz CT molecular complexity index is 260. The number of hydrogen-bond donors (Lipinski definition) is 2. The first-order valence-corrected chi connectivity index (χ1v) is 6.79. The standard InChI is InChI=1S/C11H20O5S/c1-4-17-11-6(2)10(15-7(3)13)9(14)8(5-12)16-11/h6,8-12,14H,4-5H2,1-3H3/t6-,8?,9+,10-,11?/m1/s1. The molecular weight excluding hydrogens is 244 g/mol. The van der Waals surface area contributed by atoms with Crippen LogP contribution < -0.4 is 0 Å². The second-order valence-corrected chi connectivity index (χ2v) is 5.48. The molecule has 0 saturated carbocycles. The van der Waals surface area contributed by atoms with E-state index in [0.29, 0.717) is 0 Å². The lowest BCUT2D eigenvalue weighted by atomic mass is 9.93. The maximum atomic E-state index is 11.0. The van der Waals surface area contributed by atoms with Gasteiger partial charge in [0, 0.05) is 12.8 Å². The zero-order valence-corrected chi connectivity index (χ0v) is 11.1. The van der Waals surface area contributed by atoms with Crippen LogP contribution in [0.1, 0.15) is 20.8 Å². The molecule has 2 N–H and O–H groups in total. The third-order valence-electron chi connectivity index (χ3n) is 2.79. The number of carbonyl (C=O) groups excluding carboxylic acids is 1. The number of carbonyl (C=O) groups is 1. The SMILES string of the molecule is CCSC1OC(CO)[C@H](O)[C@H](OC(C)=O)[C@H]1C. The molecule has 0 bridgehead atoms. The molecule has 0 spiro atoms. The van der Waals surface area contributed by atoms with Crippen molar-refractivity contribution < 1.29 is 24.5 Å². The molecule has 100 valence electrons. The van der Waals surface area contributed by atoms with Gasteiger partial charge in [-0.15, -0.1) is 11.8 Å². The van der Waals surface area contributed by atoms with Crippen molar-refractivity contribution >= 4 is 17.7 Å². The average Bonchev–Trinajstić information content (AvgIpc) is 2.28. The first-order valence-electron chi connectivity index (χ1n) is 5.74. The minimum absolute atomic E-state index is 0.110. The van der Waals surface area contributed by atoms with E-state index in [-0.39, 0.29) is 18.0 Å². The maximum Gasteiger partial charge on any atom is 0.303 e. The first kappa shape index (κ1) is 14.8. The number of esters is 1. The van der Waals surface area contributed by atoms with Crippen LogP contribution in [-0.4, -0.2) is 52.3 Å². The van der Waals surface area contributed by atoms with Crippen molar-refractivity contribution in [3.8, 4) is 0 Å². The maximum absolute atomic E-state index is 11.0. The molecule has 1 heterocycles. The summed E-state index contributed by atoms with van der Waals surface area (Å²) in [7, 11) is 0. The molecule has 0 amide bonds. The fraction of sp³-hybridized carbons (Fsp3) is 0.909. The van der Waals surface area contributed by atoms with Gasteiger partial charge in [0.25, 0.3) is 0 Å². The zero-order chi connectivity index (χ0) is 13.0. The number of aliphatic hydroxyl groups excluding tert-OH is 2. The molecule has 1 saturated heterocycles. The Kier molecular flexibility index (Phi) is 5.72. The third-order valence-corrected chi connectivity index (χ3v) is 3.99. The normalized spacial score (nSPS) is 37.8. The fourth-order valence-electron chi connectivity index (χ4n) is 1.93. The number of rotatable bonds is 4. The molecule has 0 aromatic heterocycles. The van der Waals surface area contributed by atoms with Gasteiger partial charge in [-0.05, 0) is 5.75 Å². The molecule has 5 atom stereocenters. The summed E-state index contributed by atoms with van der Waals surface area (Å²) < 4.78 is 10.7. The highest BCUT2D eigenvalue weighted by Crippen LogP contribution is 2.34. The van der Waals surface area contributed by atoms with E-state index in [2.05, 4.69) is 0 Å². The van der Waals surface area contributed by atoms with Gasteiger partial charge in [-0.25, -0.2) is 0 Å². The summed E-state index contributed by atoms with van der Waals surface area (Å²) in [6.45, 7) is 4.90. The Morgan fingerprint density at radius 2 is 2.18 bits per heavy atom. The third kappa shape index (κ3) is 3.58. The Morgan fingerprint density at radius 1 is 1.53 bits per heavy atom. The van der Waals surface area contributed by atoms with Gasteiger partial charge in [-0.2, -0.15) is 0 Å². The summed E-state index contributed by atoms with van der Waals surface area (Å²) in [5, 5.41) is 19.1. The van der Waals surface area contributed by atoms with Crippen LogP contribution in [-0.2, 0) is 14.3 Å². The van der Waals surface area contributed by atoms with Gasteiger partial charge in [-0.3, -0.25) is 4.79 Å². The highest BCUT2D eigenvalue weighted by Gasteiger charge is 2.44. The molecule has 6 heteroatoms. The summed E-state index contributed by atoms with van der Waals surface area (Å²) >= 11 is 1.58. The Labute approximate surface area is 105 Å². The second-order valence-electron chi connectivity index (χ2n) is 4.10. The van der Waals surface area contributed by atoms with Crippen molar-refractivity contribution in [1.82, 2.24) is 0 Å². The fourth-order valence-corrected chi connectivity index (χ4v) is 2.94. The lowest BCUT2D eigenvalue weighted by Gasteiger charge is -2.42. The van der Waals surface area contributed by atoms with E-state index in [1.54, 1.807) is 11.8 Å². The molecule has 0 aromatic rings. The van der Waals surface area contributed by atoms with Crippen LogP contribution in [0.3, 0.4) is 0 Å². The highest BCUT2D eigenvalue weighted by molar-refractivity contribution is 7.99. The largest absolute Gasteiger partial charge is 0.459 e. The molecule has 1 fully saturated rings. The summed E-state index contributed by atoms with van der Waals surface area (Å²) in [6.07, 6.45) is -2.30. The smallest absolute Gasteiger partial charge is 0.303 e. The summed E-state index contributed by atoms with van der Waals surface area (Å²) in [5.41, 5.74) is -0.176. The quantitative estimate of drug-likeness (QED) is 0.715. The predicted molar refractivity (Wildman–Crippen MR) is 64.6 cm³/mol. The van der Waals surface area contributed by atoms with E-state index < -0.39 is 24.3 Å². The van der Waals surface area contributed by atoms with Gasteiger partial charge in [0.05, 0.1) is 6.61 Å². The van der Waals surface area contributed by atoms with Crippen LogP contribution in [0.15, 0.2) is 0 Å². The van der Waals surface area contributed by atoms with E-state index >= 15 is 0 Å². The molecule has 0 aromatic carbocycles. The molecule has 1 rings (SSSR count). The van der Waals surface area contributed by atoms with Crippen LogP contribution in [0.5, 0.6) is 0 Å². The van der Waals surface area contributed by atoms with Gasteiger partial charge in [0.15, 0.2) is 0 Å². The van der Waals surface area contributed by atoms with Crippen LogP contribution in [0, 0.1) is 5.92 Å². The van der Waals surface area contributed by atoms with Crippen molar-refractivity contribution in [2.75, 3.05) is 12.4 Å². The van der Waals surface area contributed by atoms with E-state index in [1.165, 1.54) is 6.92 Å². The van der Waals surface area contributed by atoms with E-state index in [0.717, 1.165) is 5.75 Å². The molecular formula is C11H20O5S. The van der Waals surface area contributed by atoms with Crippen LogP contribution >= 0.6 is 11.8 Å². The molecule has 2 unspecified atom stereocenters. The van der Waals surface area contributed by atoms with Crippen molar-refractivity contribution in [3.05, 3.63) is 0 Å². The number of aliphatic hydroxyl groups is 2. The van der Waals surface area contributed by atoms with Gasteiger partial charge >= 0.3 is 5.97 Å². The van der Waals surface area contributed by atoms with Crippen LogP contribution in [0.25, 0.3) is 0 Å². The summed E-state index contributed by atoms with van der Waals surface area (Å²) in [5.74, 6) is 0.317. The zero-order valence-electron chi connectivity index (χ0n) is 10.3. The van der Waals surface area contributed by atoms with E-state index in [4.69, 9.17) is 14.6 Å². The van der Waals surface area contributed by atoms with Crippen molar-refractivity contribution in [2.24, 2.45) is 5.92 Å². The average molecular weight is 264 g/mol. The molecule has 5 nitrogen and oxygen atoms in total. The topological polar surface area (TPSA) is 76.0 Å². The Hall–Kier alpha value is -0.300. The highest BCUT2D eigenvalue weighted by atomic mass is 32.2. The van der Waals surface area contributed by atoms with Gasteiger partial charge in [-0.1, -0.05) is 13.8 Å². The molecule has 0 aliphatic carbocycles. The van der Waals surface area contributed by atoms with Crippen molar-refractivity contribution in [1.29, 1.82) is 0 Å². The Morgan fingerprint density at radius 3 is 2.65 bits per heavy atom. The minimum Gasteiger partial charge on any atom is -0.459 e. The van der Waals surface area contributed by atoms with Gasteiger partial charge in [0.2, 0.25) is 0 Å². The second kappa shape index (κ2) is 6.58. The van der Waals surface area contributed by atoms with E-state index in [9.17, 15) is 9.90 Å². The van der Waals surface area contributed by atoms with E-state index in [1.807, 2.05) is 13.8 Å². The van der Waals surface area contributed by atoms with Gasteiger partial charge in [0.1, 0.15) is 23.7 Å². The molecule has 0 radical (unpaired) electrons. The molecule has 1 aliphatic heterocycles. The molecule has 1 aliphatic rings. The molecule has 17 heavy (non-hydrogen) atoms. The van der Waals surface area contributed by atoms with Crippen LogP contribution in [0.2, 0.25) is 0 Å². The van der Waals surface area contributed by atoms with Gasteiger partial charge < -0.3 is 19.7 Å². The monoisotopic (exact) mass is 264 g/mol. The summed E-state index contributed by atoms with van der Waals surface area (Å²) in [6, 6.07) is 0. The predicted octanol–water partition coefficient (Wildman–Crippen LogP) is 0.385. The number of thioether (sulfide) groups is 1. The van der Waals surface area contributed by atoms with Crippen LogP contribution in [0.4, 0.5) is 0 Å². The van der Waals surface area contributed by atoms with Crippen molar-refractivity contribution in [3.63, 3.8) is 0 Å². The van der Waals surface area contributed by atoms with Crippen molar-refractivity contribution in [2.45, 2.75) is 44.5 Å². The minimum atomic E-state index is -0.979. The first-order chi connectivity index (χ1) is 8.01. The Balaban J connectivity index is 2.78. The lowest BCUT2D eigenvalue weighted by molar-refractivity contribution is -0.201. The number of hydrogen-bond acceptors (Lipinski definition) is 6. The lowest BCUT2D eigenvalue weighted by Crippen LogP contribution is -2.55. The summed E-state index contributed by atoms with van der Waals surface area (Å²) in [4.78, 5) is 11.0. The number of ether oxygens (including phenoxy) is 2.